The molecule has 0 saturated carbocycles. The number of carbonyl (C=O) groups is 1. The topological polar surface area (TPSA) is 87.1 Å². The number of unbranched alkanes of at least 4 members (excludes halogenated alkanes) is 1. The van der Waals surface area contributed by atoms with Crippen LogP contribution >= 0.6 is 15.9 Å². The standard InChI is InChI=1S/C24H22BrNO6/c1-2-3-11-29-24(28)21-22(27)18-13-16(9-10-17(18)23(25)26-21)31-20-14-30-19(32-20)12-15-7-5-4-6-8-15/h4-10,13-14,19,27H,2-3,11-12H2,1H3. The number of halogens is 1. The van der Waals surface area contributed by atoms with Gasteiger partial charge in [-0.2, -0.15) is 0 Å². The van der Waals surface area contributed by atoms with Crippen LogP contribution in [0.1, 0.15) is 35.8 Å². The van der Waals surface area contributed by atoms with Crippen molar-refractivity contribution in [3.05, 3.63) is 76.6 Å². The van der Waals surface area contributed by atoms with Gasteiger partial charge in [0, 0.05) is 17.2 Å². The van der Waals surface area contributed by atoms with Crippen LogP contribution in [0.25, 0.3) is 10.8 Å². The summed E-state index contributed by atoms with van der Waals surface area (Å²) in [6, 6.07) is 14.9. The number of nitrogens with zero attached hydrogens (tertiary/aromatic N) is 1. The van der Waals surface area contributed by atoms with Gasteiger partial charge in [0.2, 0.25) is 6.29 Å². The average Bonchev–Trinajstić information content (AvgIpc) is 3.23. The van der Waals surface area contributed by atoms with Gasteiger partial charge < -0.3 is 24.1 Å². The molecule has 0 bridgehead atoms. The predicted octanol–water partition coefficient (Wildman–Crippen LogP) is 5.45. The monoisotopic (exact) mass is 499 g/mol. The number of hydrogen-bond donors (Lipinski definition) is 1. The minimum atomic E-state index is -0.677. The molecule has 0 radical (unpaired) electrons. The number of pyridine rings is 1. The van der Waals surface area contributed by atoms with Crippen molar-refractivity contribution in [2.24, 2.45) is 0 Å². The van der Waals surface area contributed by atoms with Crippen molar-refractivity contribution in [3.8, 4) is 11.5 Å². The van der Waals surface area contributed by atoms with Gasteiger partial charge in [0.25, 0.3) is 0 Å². The molecule has 0 saturated heterocycles. The fourth-order valence-electron chi connectivity index (χ4n) is 3.20. The number of rotatable bonds is 8. The van der Waals surface area contributed by atoms with Crippen LogP contribution < -0.4 is 4.74 Å². The molecule has 1 N–H and O–H groups in total. The van der Waals surface area contributed by atoms with E-state index in [0.29, 0.717) is 27.5 Å². The fourth-order valence-corrected chi connectivity index (χ4v) is 3.72. The molecule has 3 aromatic rings. The molecule has 1 unspecified atom stereocenters. The van der Waals surface area contributed by atoms with Gasteiger partial charge in [0.15, 0.2) is 17.7 Å². The number of hydrogen-bond acceptors (Lipinski definition) is 7. The Morgan fingerprint density at radius 3 is 2.78 bits per heavy atom. The Hall–Kier alpha value is -3.26. The maximum atomic E-state index is 12.3. The number of benzene rings is 2. The summed E-state index contributed by atoms with van der Waals surface area (Å²) in [6.07, 6.45) is 3.13. The van der Waals surface area contributed by atoms with Crippen molar-refractivity contribution >= 4 is 32.7 Å². The highest BCUT2D eigenvalue weighted by molar-refractivity contribution is 9.10. The van der Waals surface area contributed by atoms with E-state index in [0.717, 1.165) is 18.4 Å². The van der Waals surface area contributed by atoms with Crippen molar-refractivity contribution in [2.75, 3.05) is 6.61 Å². The van der Waals surface area contributed by atoms with Crippen molar-refractivity contribution in [1.29, 1.82) is 0 Å². The highest BCUT2D eigenvalue weighted by Crippen LogP contribution is 2.36. The van der Waals surface area contributed by atoms with Crippen LogP contribution in [0.3, 0.4) is 0 Å². The summed E-state index contributed by atoms with van der Waals surface area (Å²) in [5, 5.41) is 11.7. The van der Waals surface area contributed by atoms with Crippen LogP contribution in [0.15, 0.2) is 65.3 Å². The van der Waals surface area contributed by atoms with E-state index >= 15 is 0 Å². The van der Waals surface area contributed by atoms with Crippen molar-refractivity contribution in [3.63, 3.8) is 0 Å². The Morgan fingerprint density at radius 2 is 2.00 bits per heavy atom. The van der Waals surface area contributed by atoms with E-state index in [1.165, 1.54) is 6.26 Å². The van der Waals surface area contributed by atoms with Gasteiger partial charge in [-0.05, 0) is 46.1 Å². The molecule has 4 rings (SSSR count). The first-order valence-electron chi connectivity index (χ1n) is 10.3. The second-order valence-electron chi connectivity index (χ2n) is 7.21. The lowest BCUT2D eigenvalue weighted by Gasteiger charge is -2.13. The van der Waals surface area contributed by atoms with Crippen molar-refractivity contribution in [2.45, 2.75) is 32.5 Å². The first-order chi connectivity index (χ1) is 15.5. The van der Waals surface area contributed by atoms with Crippen LogP contribution in [0.2, 0.25) is 0 Å². The normalized spacial score (nSPS) is 15.1. The lowest BCUT2D eigenvalue weighted by Crippen LogP contribution is -2.13. The summed E-state index contributed by atoms with van der Waals surface area (Å²) in [5.74, 6) is -0.331. The van der Waals surface area contributed by atoms with E-state index in [-0.39, 0.29) is 24.0 Å². The maximum absolute atomic E-state index is 12.3. The van der Waals surface area contributed by atoms with Gasteiger partial charge in [-0.15, -0.1) is 0 Å². The molecule has 2 heterocycles. The number of esters is 1. The average molecular weight is 500 g/mol. The van der Waals surface area contributed by atoms with Crippen LogP contribution in [0.4, 0.5) is 0 Å². The molecule has 166 valence electrons. The number of aromatic hydroxyl groups is 1. The first-order valence-corrected chi connectivity index (χ1v) is 11.1. The molecule has 1 aliphatic heterocycles. The number of carbonyl (C=O) groups excluding carboxylic acids is 1. The number of aromatic nitrogens is 1. The molecule has 1 aromatic heterocycles. The second kappa shape index (κ2) is 9.91. The first kappa shape index (κ1) is 22.0. The minimum Gasteiger partial charge on any atom is -0.505 e. The summed E-state index contributed by atoms with van der Waals surface area (Å²) in [4.78, 5) is 16.5. The molecule has 0 amide bonds. The molecular formula is C24H22BrNO6. The summed E-state index contributed by atoms with van der Waals surface area (Å²) in [5.41, 5.74) is 0.929. The van der Waals surface area contributed by atoms with E-state index < -0.39 is 12.3 Å². The molecule has 0 aliphatic carbocycles. The Bertz CT molecular complexity index is 1150. The lowest BCUT2D eigenvalue weighted by atomic mass is 10.1. The predicted molar refractivity (Wildman–Crippen MR) is 121 cm³/mol. The quantitative estimate of drug-likeness (QED) is 0.250. The highest BCUT2D eigenvalue weighted by Gasteiger charge is 2.23. The summed E-state index contributed by atoms with van der Waals surface area (Å²) < 4.78 is 22.6. The molecule has 32 heavy (non-hydrogen) atoms. The van der Waals surface area contributed by atoms with Gasteiger partial charge in [0.1, 0.15) is 10.4 Å². The summed E-state index contributed by atoms with van der Waals surface area (Å²) >= 11 is 3.36. The molecule has 2 aromatic carbocycles. The Morgan fingerprint density at radius 1 is 1.19 bits per heavy atom. The van der Waals surface area contributed by atoms with Gasteiger partial charge in [-0.1, -0.05) is 43.7 Å². The molecule has 8 heteroatoms. The molecule has 0 spiro atoms. The van der Waals surface area contributed by atoms with E-state index in [2.05, 4.69) is 20.9 Å². The zero-order chi connectivity index (χ0) is 22.5. The molecular weight excluding hydrogens is 478 g/mol. The van der Waals surface area contributed by atoms with Gasteiger partial charge in [-0.3, -0.25) is 0 Å². The van der Waals surface area contributed by atoms with Gasteiger partial charge >= 0.3 is 11.9 Å². The van der Waals surface area contributed by atoms with Crippen LogP contribution in [0.5, 0.6) is 11.5 Å². The zero-order valence-corrected chi connectivity index (χ0v) is 19.0. The maximum Gasteiger partial charge on any atom is 0.360 e. The van der Waals surface area contributed by atoms with Crippen LogP contribution in [-0.2, 0) is 20.6 Å². The van der Waals surface area contributed by atoms with Crippen molar-refractivity contribution < 1.29 is 28.8 Å². The smallest absolute Gasteiger partial charge is 0.360 e. The fraction of sp³-hybridized carbons (Fsp3) is 0.250. The number of fused-ring (bicyclic) bond motifs is 1. The lowest BCUT2D eigenvalue weighted by molar-refractivity contribution is -0.0519. The Kier molecular flexibility index (Phi) is 6.80. The Labute approximate surface area is 193 Å². The third-order valence-electron chi connectivity index (χ3n) is 4.85. The second-order valence-corrected chi connectivity index (χ2v) is 7.96. The third kappa shape index (κ3) is 4.96. The molecule has 7 nitrogen and oxygen atoms in total. The van der Waals surface area contributed by atoms with E-state index in [9.17, 15) is 9.90 Å². The molecule has 0 fully saturated rings. The molecule has 1 atom stereocenters. The zero-order valence-electron chi connectivity index (χ0n) is 17.4. The summed E-state index contributed by atoms with van der Waals surface area (Å²) in [7, 11) is 0. The SMILES string of the molecule is CCCCOC(=O)c1nc(Br)c2ccc(OC3=COC(Cc4ccccc4)O3)cc2c1O. The highest BCUT2D eigenvalue weighted by atomic mass is 79.9. The van der Waals surface area contributed by atoms with E-state index in [1.54, 1.807) is 18.2 Å². The minimum absolute atomic E-state index is 0.153. The largest absolute Gasteiger partial charge is 0.505 e. The van der Waals surface area contributed by atoms with Crippen molar-refractivity contribution in [1.82, 2.24) is 4.98 Å². The Balaban J connectivity index is 1.49. The van der Waals surface area contributed by atoms with Crippen LogP contribution in [-0.4, -0.2) is 29.0 Å². The van der Waals surface area contributed by atoms with Gasteiger partial charge in [-0.25, -0.2) is 9.78 Å². The van der Waals surface area contributed by atoms with E-state index in [1.807, 2.05) is 37.3 Å². The molecule has 1 aliphatic rings. The van der Waals surface area contributed by atoms with Gasteiger partial charge in [0.05, 0.1) is 6.61 Å². The van der Waals surface area contributed by atoms with Crippen LogP contribution in [0, 0.1) is 0 Å². The number of ether oxygens (including phenoxy) is 4. The summed E-state index contributed by atoms with van der Waals surface area (Å²) in [6.45, 7) is 2.26. The third-order valence-corrected chi connectivity index (χ3v) is 5.46. The van der Waals surface area contributed by atoms with E-state index in [4.69, 9.17) is 18.9 Å².